The Balaban J connectivity index is 2.36. The van der Waals surface area contributed by atoms with Gasteiger partial charge in [0.15, 0.2) is 5.96 Å². The standard InChI is InChI=1S/C17H36N4/c1-7-18-16(21-13-10-17(4,5)14-21)19-11-8-9-12-20(6)15(2)3/h15H,7-14H2,1-6H3,(H,18,19). The maximum Gasteiger partial charge on any atom is 0.193 e. The second-order valence-corrected chi connectivity index (χ2v) is 7.35. The van der Waals surface area contributed by atoms with E-state index in [9.17, 15) is 0 Å². The van der Waals surface area contributed by atoms with Crippen molar-refractivity contribution in [2.75, 3.05) is 39.8 Å². The quantitative estimate of drug-likeness (QED) is 0.445. The lowest BCUT2D eigenvalue weighted by atomic mass is 9.93. The molecule has 4 heteroatoms. The molecule has 0 amide bonds. The molecule has 0 aromatic carbocycles. The van der Waals surface area contributed by atoms with Gasteiger partial charge in [-0.2, -0.15) is 0 Å². The lowest BCUT2D eigenvalue weighted by molar-refractivity contribution is 0.269. The van der Waals surface area contributed by atoms with Crippen molar-refractivity contribution in [3.8, 4) is 0 Å². The molecule has 0 saturated carbocycles. The van der Waals surface area contributed by atoms with Crippen molar-refractivity contribution in [3.63, 3.8) is 0 Å². The molecule has 1 fully saturated rings. The largest absolute Gasteiger partial charge is 0.357 e. The Labute approximate surface area is 132 Å². The number of nitrogens with one attached hydrogen (secondary N) is 1. The van der Waals surface area contributed by atoms with Crippen molar-refractivity contribution in [1.82, 2.24) is 15.1 Å². The Kier molecular flexibility index (Phi) is 7.50. The van der Waals surface area contributed by atoms with Gasteiger partial charge < -0.3 is 15.1 Å². The van der Waals surface area contributed by atoms with Crippen molar-refractivity contribution in [2.45, 2.75) is 59.9 Å². The molecule has 21 heavy (non-hydrogen) atoms. The normalized spacial score (nSPS) is 18.9. The molecule has 0 aliphatic carbocycles. The number of likely N-dealkylation sites (tertiary alicyclic amines) is 1. The molecule has 0 atom stereocenters. The minimum atomic E-state index is 0.427. The molecule has 1 aliphatic heterocycles. The minimum absolute atomic E-state index is 0.427. The van der Waals surface area contributed by atoms with Gasteiger partial charge in [-0.3, -0.25) is 4.99 Å². The Hall–Kier alpha value is -0.770. The number of rotatable bonds is 7. The highest BCUT2D eigenvalue weighted by Crippen LogP contribution is 2.28. The Morgan fingerprint density at radius 1 is 1.33 bits per heavy atom. The van der Waals surface area contributed by atoms with Crippen LogP contribution >= 0.6 is 0 Å². The van der Waals surface area contributed by atoms with Gasteiger partial charge in [0.1, 0.15) is 0 Å². The fourth-order valence-corrected chi connectivity index (χ4v) is 2.64. The third kappa shape index (κ3) is 6.68. The molecule has 1 saturated heterocycles. The summed E-state index contributed by atoms with van der Waals surface area (Å²) in [5, 5.41) is 3.45. The number of hydrogen-bond donors (Lipinski definition) is 1. The fourth-order valence-electron chi connectivity index (χ4n) is 2.64. The van der Waals surface area contributed by atoms with Crippen molar-refractivity contribution >= 4 is 5.96 Å². The zero-order valence-electron chi connectivity index (χ0n) is 15.1. The first-order valence-electron chi connectivity index (χ1n) is 8.59. The van der Waals surface area contributed by atoms with Crippen molar-refractivity contribution < 1.29 is 0 Å². The molecule has 1 rings (SSSR count). The zero-order chi connectivity index (χ0) is 15.9. The van der Waals surface area contributed by atoms with E-state index in [1.165, 1.54) is 25.8 Å². The lowest BCUT2D eigenvalue weighted by Gasteiger charge is -2.24. The van der Waals surface area contributed by atoms with Crippen LogP contribution in [0.25, 0.3) is 0 Å². The Morgan fingerprint density at radius 2 is 2.05 bits per heavy atom. The Bertz CT molecular complexity index is 323. The monoisotopic (exact) mass is 296 g/mol. The van der Waals surface area contributed by atoms with Crippen LogP contribution in [-0.4, -0.2) is 61.6 Å². The van der Waals surface area contributed by atoms with Crippen LogP contribution in [0.5, 0.6) is 0 Å². The molecule has 0 aromatic heterocycles. The van der Waals surface area contributed by atoms with Crippen LogP contribution in [0.2, 0.25) is 0 Å². The van der Waals surface area contributed by atoms with Crippen LogP contribution in [0.4, 0.5) is 0 Å². The summed E-state index contributed by atoms with van der Waals surface area (Å²) in [7, 11) is 2.20. The summed E-state index contributed by atoms with van der Waals surface area (Å²) in [6.07, 6.45) is 3.66. The zero-order valence-corrected chi connectivity index (χ0v) is 15.1. The predicted molar refractivity (Wildman–Crippen MR) is 92.9 cm³/mol. The summed E-state index contributed by atoms with van der Waals surface area (Å²) in [5.41, 5.74) is 0.427. The molecule has 0 bridgehead atoms. The average Bonchev–Trinajstić information content (AvgIpc) is 2.77. The second kappa shape index (κ2) is 8.62. The number of hydrogen-bond acceptors (Lipinski definition) is 2. The van der Waals surface area contributed by atoms with Gasteiger partial charge in [-0.05, 0) is 59.0 Å². The van der Waals surface area contributed by atoms with E-state index in [0.717, 1.165) is 32.1 Å². The van der Waals surface area contributed by atoms with Gasteiger partial charge in [0.25, 0.3) is 0 Å². The second-order valence-electron chi connectivity index (χ2n) is 7.35. The molecule has 4 nitrogen and oxygen atoms in total. The molecule has 1 heterocycles. The highest BCUT2D eigenvalue weighted by Gasteiger charge is 2.30. The van der Waals surface area contributed by atoms with Gasteiger partial charge in [-0.1, -0.05) is 13.8 Å². The lowest BCUT2D eigenvalue weighted by Crippen LogP contribution is -2.40. The number of nitrogens with zero attached hydrogens (tertiary/aromatic N) is 3. The smallest absolute Gasteiger partial charge is 0.193 e. The van der Waals surface area contributed by atoms with Gasteiger partial charge >= 0.3 is 0 Å². The van der Waals surface area contributed by atoms with E-state index in [-0.39, 0.29) is 0 Å². The molecule has 1 N–H and O–H groups in total. The van der Waals surface area contributed by atoms with Crippen molar-refractivity contribution in [1.29, 1.82) is 0 Å². The van der Waals surface area contributed by atoms with Crippen LogP contribution in [0.15, 0.2) is 4.99 Å². The molecule has 0 aromatic rings. The van der Waals surface area contributed by atoms with E-state index in [1.54, 1.807) is 0 Å². The van der Waals surface area contributed by atoms with Crippen LogP contribution in [-0.2, 0) is 0 Å². The molecule has 0 spiro atoms. The highest BCUT2D eigenvalue weighted by molar-refractivity contribution is 5.80. The topological polar surface area (TPSA) is 30.9 Å². The van der Waals surface area contributed by atoms with Gasteiger partial charge in [-0.25, -0.2) is 0 Å². The van der Waals surface area contributed by atoms with Gasteiger partial charge in [0, 0.05) is 32.2 Å². The van der Waals surface area contributed by atoms with Gasteiger partial charge in [0.2, 0.25) is 0 Å². The average molecular weight is 297 g/mol. The Morgan fingerprint density at radius 3 is 2.57 bits per heavy atom. The highest BCUT2D eigenvalue weighted by atomic mass is 15.3. The third-order valence-corrected chi connectivity index (χ3v) is 4.37. The molecule has 0 radical (unpaired) electrons. The summed E-state index contributed by atoms with van der Waals surface area (Å²) in [5.74, 6) is 1.11. The SMILES string of the molecule is CCNC(=NCCCCN(C)C(C)C)N1CCC(C)(C)C1. The molecular formula is C17H36N4. The van der Waals surface area contributed by atoms with Gasteiger partial charge in [-0.15, -0.1) is 0 Å². The van der Waals surface area contributed by atoms with Crippen LogP contribution in [0.1, 0.15) is 53.9 Å². The fraction of sp³-hybridized carbons (Fsp3) is 0.941. The minimum Gasteiger partial charge on any atom is -0.357 e. The summed E-state index contributed by atoms with van der Waals surface area (Å²) in [6, 6.07) is 0.637. The van der Waals surface area contributed by atoms with Crippen molar-refractivity contribution in [3.05, 3.63) is 0 Å². The maximum atomic E-state index is 4.82. The van der Waals surface area contributed by atoms with E-state index in [4.69, 9.17) is 4.99 Å². The first kappa shape index (κ1) is 18.3. The van der Waals surface area contributed by atoms with E-state index in [0.29, 0.717) is 11.5 Å². The molecular weight excluding hydrogens is 260 g/mol. The molecule has 0 unspecified atom stereocenters. The van der Waals surface area contributed by atoms with E-state index in [2.05, 4.69) is 56.8 Å². The number of aliphatic imine (C=N–C) groups is 1. The van der Waals surface area contributed by atoms with E-state index in [1.807, 2.05) is 0 Å². The summed E-state index contributed by atoms with van der Waals surface area (Å²) < 4.78 is 0. The van der Waals surface area contributed by atoms with Gasteiger partial charge in [0.05, 0.1) is 0 Å². The van der Waals surface area contributed by atoms with Crippen LogP contribution in [0, 0.1) is 5.41 Å². The number of guanidine groups is 1. The molecule has 1 aliphatic rings. The predicted octanol–water partition coefficient (Wildman–Crippen LogP) is 2.80. The summed E-state index contributed by atoms with van der Waals surface area (Å²) in [6.45, 7) is 16.6. The number of unbranched alkanes of at least 4 members (excludes halogenated alkanes) is 1. The van der Waals surface area contributed by atoms with E-state index >= 15 is 0 Å². The van der Waals surface area contributed by atoms with E-state index < -0.39 is 0 Å². The first-order valence-corrected chi connectivity index (χ1v) is 8.59. The van der Waals surface area contributed by atoms with Crippen LogP contribution in [0.3, 0.4) is 0 Å². The summed E-state index contributed by atoms with van der Waals surface area (Å²) >= 11 is 0. The third-order valence-electron chi connectivity index (χ3n) is 4.37. The van der Waals surface area contributed by atoms with Crippen molar-refractivity contribution in [2.24, 2.45) is 10.4 Å². The first-order chi connectivity index (χ1) is 9.85. The molecule has 124 valence electrons. The van der Waals surface area contributed by atoms with Crippen LogP contribution < -0.4 is 5.32 Å². The maximum absolute atomic E-state index is 4.82. The summed E-state index contributed by atoms with van der Waals surface area (Å²) in [4.78, 5) is 9.64.